The van der Waals surface area contributed by atoms with E-state index in [4.69, 9.17) is 11.6 Å². The third kappa shape index (κ3) is 2.31. The van der Waals surface area contributed by atoms with E-state index in [0.717, 1.165) is 5.39 Å². The van der Waals surface area contributed by atoms with E-state index in [1.165, 1.54) is 4.90 Å². The zero-order valence-corrected chi connectivity index (χ0v) is 12.8. The van der Waals surface area contributed by atoms with Gasteiger partial charge in [0, 0.05) is 17.0 Å². The minimum atomic E-state index is -1.16. The first-order chi connectivity index (χ1) is 10.4. The molecule has 1 amide bonds. The summed E-state index contributed by atoms with van der Waals surface area (Å²) < 4.78 is 0. The molecule has 1 fully saturated rings. The van der Waals surface area contributed by atoms with Gasteiger partial charge >= 0.3 is 5.97 Å². The number of carboxylic acids is 1. The van der Waals surface area contributed by atoms with Crippen molar-refractivity contribution in [3.8, 4) is 0 Å². The summed E-state index contributed by atoms with van der Waals surface area (Å²) in [4.78, 5) is 29.9. The van der Waals surface area contributed by atoms with Crippen LogP contribution < -0.4 is 0 Å². The van der Waals surface area contributed by atoms with Crippen molar-refractivity contribution in [3.05, 3.63) is 41.0 Å². The number of hydrogen-bond acceptors (Lipinski definition) is 3. The van der Waals surface area contributed by atoms with Crippen LogP contribution in [0.15, 0.2) is 30.3 Å². The van der Waals surface area contributed by atoms with Crippen LogP contribution in [0.5, 0.6) is 0 Å². The number of fused-ring (bicyclic) bond motifs is 1. The summed E-state index contributed by atoms with van der Waals surface area (Å²) in [6, 6.07) is 8.69. The average Bonchev–Trinajstić information content (AvgIpc) is 2.89. The smallest absolute Gasteiger partial charge is 0.329 e. The number of rotatable bonds is 2. The van der Waals surface area contributed by atoms with Crippen molar-refractivity contribution in [2.45, 2.75) is 25.3 Å². The number of pyridine rings is 1. The number of aromatic nitrogens is 1. The van der Waals surface area contributed by atoms with Gasteiger partial charge in [0.1, 0.15) is 11.2 Å². The first kappa shape index (κ1) is 14.8. The molecule has 0 saturated carbocycles. The Hall–Kier alpha value is -2.14. The molecule has 0 radical (unpaired) electrons. The van der Waals surface area contributed by atoms with E-state index in [1.807, 2.05) is 6.07 Å². The maximum atomic E-state index is 12.7. The molecule has 1 aliphatic rings. The highest BCUT2D eigenvalue weighted by atomic mass is 35.5. The zero-order chi connectivity index (χ0) is 15.9. The van der Waals surface area contributed by atoms with E-state index < -0.39 is 11.5 Å². The van der Waals surface area contributed by atoms with Gasteiger partial charge in [0.25, 0.3) is 5.91 Å². The molecule has 1 aliphatic heterocycles. The van der Waals surface area contributed by atoms with Gasteiger partial charge in [-0.2, -0.15) is 0 Å². The second kappa shape index (κ2) is 5.25. The monoisotopic (exact) mass is 318 g/mol. The molecule has 22 heavy (non-hydrogen) atoms. The van der Waals surface area contributed by atoms with Crippen molar-refractivity contribution in [2.75, 3.05) is 6.54 Å². The lowest BCUT2D eigenvalue weighted by Crippen LogP contribution is -2.50. The Balaban J connectivity index is 2.00. The van der Waals surface area contributed by atoms with E-state index in [0.29, 0.717) is 29.9 Å². The maximum Gasteiger partial charge on any atom is 0.329 e. The molecule has 6 heteroatoms. The molecule has 3 rings (SSSR count). The molecule has 1 unspecified atom stereocenters. The van der Waals surface area contributed by atoms with Crippen LogP contribution in [0.25, 0.3) is 10.9 Å². The van der Waals surface area contributed by atoms with Gasteiger partial charge in [0.05, 0.1) is 5.52 Å². The lowest BCUT2D eigenvalue weighted by molar-refractivity contribution is -0.147. The van der Waals surface area contributed by atoms with Crippen LogP contribution in [0.3, 0.4) is 0 Å². The standard InChI is InChI=1S/C16H15ClN2O3/c1-16(15(21)22)7-2-8-19(16)14(20)12-6-4-10-3-5-11(17)9-13(10)18-12/h3-6,9H,2,7-8H2,1H3,(H,21,22). The van der Waals surface area contributed by atoms with Crippen molar-refractivity contribution >= 4 is 34.4 Å². The Morgan fingerprint density at radius 1 is 1.32 bits per heavy atom. The van der Waals surface area contributed by atoms with Crippen molar-refractivity contribution in [3.63, 3.8) is 0 Å². The topological polar surface area (TPSA) is 70.5 Å². The minimum Gasteiger partial charge on any atom is -0.480 e. The molecular weight excluding hydrogens is 304 g/mol. The predicted octanol–water partition coefficient (Wildman–Crippen LogP) is 2.97. The van der Waals surface area contributed by atoms with E-state index in [2.05, 4.69) is 4.98 Å². The highest BCUT2D eigenvalue weighted by Crippen LogP contribution is 2.31. The lowest BCUT2D eigenvalue weighted by Gasteiger charge is -2.30. The van der Waals surface area contributed by atoms with Crippen LogP contribution in [-0.4, -0.2) is 39.0 Å². The zero-order valence-electron chi connectivity index (χ0n) is 12.0. The summed E-state index contributed by atoms with van der Waals surface area (Å²) in [5.74, 6) is -1.34. The van der Waals surface area contributed by atoms with Gasteiger partial charge in [-0.05, 0) is 38.0 Å². The molecule has 1 aromatic heterocycles. The number of likely N-dealkylation sites (tertiary alicyclic amines) is 1. The first-order valence-corrected chi connectivity index (χ1v) is 7.41. The Labute approximate surface area is 132 Å². The molecule has 114 valence electrons. The summed E-state index contributed by atoms with van der Waals surface area (Å²) in [5, 5.41) is 10.8. The highest BCUT2D eigenvalue weighted by molar-refractivity contribution is 6.31. The van der Waals surface area contributed by atoms with E-state index in [-0.39, 0.29) is 11.6 Å². The number of carboxylic acid groups (broad SMARTS) is 1. The minimum absolute atomic E-state index is 0.240. The van der Waals surface area contributed by atoms with Gasteiger partial charge in [-0.25, -0.2) is 9.78 Å². The third-order valence-corrected chi connectivity index (χ3v) is 4.46. The molecule has 0 aliphatic carbocycles. The normalized spacial score (nSPS) is 21.3. The largest absolute Gasteiger partial charge is 0.480 e. The molecule has 2 heterocycles. The van der Waals surface area contributed by atoms with Crippen molar-refractivity contribution in [1.82, 2.24) is 9.88 Å². The lowest BCUT2D eigenvalue weighted by atomic mass is 9.99. The second-order valence-electron chi connectivity index (χ2n) is 5.67. The summed E-state index contributed by atoms with van der Waals surface area (Å²) in [5.41, 5.74) is -0.305. The van der Waals surface area contributed by atoms with Crippen LogP contribution in [0, 0.1) is 0 Å². The van der Waals surface area contributed by atoms with E-state index >= 15 is 0 Å². The number of nitrogens with zero attached hydrogens (tertiary/aromatic N) is 2. The average molecular weight is 319 g/mol. The Bertz CT molecular complexity index is 777. The molecule has 1 N–H and O–H groups in total. The molecule has 1 atom stereocenters. The summed E-state index contributed by atoms with van der Waals surface area (Å²) >= 11 is 5.95. The van der Waals surface area contributed by atoms with Crippen molar-refractivity contribution in [1.29, 1.82) is 0 Å². The number of amides is 1. The Morgan fingerprint density at radius 2 is 2.05 bits per heavy atom. The van der Waals surface area contributed by atoms with Crippen molar-refractivity contribution < 1.29 is 14.7 Å². The van der Waals surface area contributed by atoms with Gasteiger partial charge < -0.3 is 10.0 Å². The highest BCUT2D eigenvalue weighted by Gasteiger charge is 2.46. The van der Waals surface area contributed by atoms with Crippen LogP contribution >= 0.6 is 11.6 Å². The number of halogens is 1. The van der Waals surface area contributed by atoms with Crippen LogP contribution in [-0.2, 0) is 4.79 Å². The first-order valence-electron chi connectivity index (χ1n) is 7.03. The van der Waals surface area contributed by atoms with Crippen molar-refractivity contribution in [2.24, 2.45) is 0 Å². The molecule has 0 spiro atoms. The van der Waals surface area contributed by atoms with Crippen LogP contribution in [0.2, 0.25) is 5.02 Å². The number of benzene rings is 1. The molecule has 2 aromatic rings. The van der Waals surface area contributed by atoms with Crippen LogP contribution in [0.1, 0.15) is 30.3 Å². The number of aliphatic carboxylic acids is 1. The van der Waals surface area contributed by atoms with E-state index in [1.54, 1.807) is 31.2 Å². The number of hydrogen-bond donors (Lipinski definition) is 1. The third-order valence-electron chi connectivity index (χ3n) is 4.22. The molecule has 0 bridgehead atoms. The van der Waals surface area contributed by atoms with Crippen LogP contribution in [0.4, 0.5) is 0 Å². The SMILES string of the molecule is CC1(C(=O)O)CCCN1C(=O)c1ccc2ccc(Cl)cc2n1. The van der Waals surface area contributed by atoms with Gasteiger partial charge in [0.2, 0.25) is 0 Å². The van der Waals surface area contributed by atoms with Gasteiger partial charge in [-0.15, -0.1) is 0 Å². The molecule has 1 saturated heterocycles. The number of carbonyl (C=O) groups is 2. The molecule has 1 aromatic carbocycles. The summed E-state index contributed by atoms with van der Waals surface area (Å²) in [6.07, 6.45) is 1.13. The molecular formula is C16H15ClN2O3. The summed E-state index contributed by atoms with van der Waals surface area (Å²) in [7, 11) is 0. The Kier molecular flexibility index (Phi) is 3.53. The fourth-order valence-electron chi connectivity index (χ4n) is 2.86. The quantitative estimate of drug-likeness (QED) is 0.924. The van der Waals surface area contributed by atoms with Gasteiger partial charge in [-0.3, -0.25) is 4.79 Å². The summed E-state index contributed by atoms with van der Waals surface area (Å²) in [6.45, 7) is 2.01. The maximum absolute atomic E-state index is 12.7. The van der Waals surface area contributed by atoms with Gasteiger partial charge in [0.15, 0.2) is 0 Å². The second-order valence-corrected chi connectivity index (χ2v) is 6.11. The number of carbonyl (C=O) groups excluding carboxylic acids is 1. The fraction of sp³-hybridized carbons (Fsp3) is 0.312. The Morgan fingerprint density at radius 3 is 2.77 bits per heavy atom. The van der Waals surface area contributed by atoms with E-state index in [9.17, 15) is 14.7 Å². The molecule has 5 nitrogen and oxygen atoms in total. The fourth-order valence-corrected chi connectivity index (χ4v) is 3.03. The predicted molar refractivity (Wildman–Crippen MR) is 83.1 cm³/mol. The van der Waals surface area contributed by atoms with Gasteiger partial charge in [-0.1, -0.05) is 23.7 Å².